The predicted molar refractivity (Wildman–Crippen MR) is 111 cm³/mol. The number of amides is 1. The van der Waals surface area contributed by atoms with Crippen molar-refractivity contribution in [2.75, 3.05) is 18.4 Å². The molecule has 4 rings (SSSR count). The maximum atomic E-state index is 12.8. The molecule has 1 fully saturated rings. The van der Waals surface area contributed by atoms with E-state index in [-0.39, 0.29) is 17.8 Å². The van der Waals surface area contributed by atoms with Gasteiger partial charge in [-0.25, -0.2) is 4.79 Å². The fourth-order valence-electron chi connectivity index (χ4n) is 4.11. The number of nitrogens with one attached hydrogen (secondary N) is 2. The summed E-state index contributed by atoms with van der Waals surface area (Å²) < 4.78 is 1.91. The first-order chi connectivity index (χ1) is 13.6. The van der Waals surface area contributed by atoms with Crippen molar-refractivity contribution in [2.24, 2.45) is 0 Å². The average Bonchev–Trinajstić information content (AvgIpc) is 3.03. The van der Waals surface area contributed by atoms with Crippen LogP contribution < -0.4 is 11.0 Å². The summed E-state index contributed by atoms with van der Waals surface area (Å²) in [6.07, 6.45) is 4.28. The number of piperidine rings is 1. The molecule has 3 aromatic rings. The SMILES string of the molecule is CC(=O)Nc1ccc(CC(N2CCCCC2)n2c(=O)[nH]c3ccccc32)cc1. The zero-order valence-corrected chi connectivity index (χ0v) is 16.1. The topological polar surface area (TPSA) is 70.1 Å². The Hall–Kier alpha value is -2.86. The van der Waals surface area contributed by atoms with Crippen LogP contribution in [0.2, 0.25) is 0 Å². The molecule has 1 aromatic heterocycles. The van der Waals surface area contributed by atoms with E-state index in [0.29, 0.717) is 0 Å². The van der Waals surface area contributed by atoms with Crippen LogP contribution in [0.25, 0.3) is 11.0 Å². The highest BCUT2D eigenvalue weighted by Crippen LogP contribution is 2.26. The molecule has 0 radical (unpaired) electrons. The maximum absolute atomic E-state index is 12.8. The molecule has 2 heterocycles. The Morgan fingerprint density at radius 2 is 1.79 bits per heavy atom. The number of anilines is 1. The minimum Gasteiger partial charge on any atom is -0.326 e. The van der Waals surface area contributed by atoms with Gasteiger partial charge in [0.15, 0.2) is 0 Å². The van der Waals surface area contributed by atoms with Gasteiger partial charge in [0.1, 0.15) is 0 Å². The summed E-state index contributed by atoms with van der Waals surface area (Å²) in [5.74, 6) is -0.0794. The van der Waals surface area contributed by atoms with Crippen LogP contribution in [0.4, 0.5) is 5.69 Å². The molecule has 6 heteroatoms. The van der Waals surface area contributed by atoms with Gasteiger partial charge in [-0.15, -0.1) is 0 Å². The molecule has 2 aromatic carbocycles. The highest BCUT2D eigenvalue weighted by Gasteiger charge is 2.25. The number of carbonyl (C=O) groups excluding carboxylic acids is 1. The summed E-state index contributed by atoms with van der Waals surface area (Å²) >= 11 is 0. The predicted octanol–water partition coefficient (Wildman–Crippen LogP) is 3.52. The number of aromatic nitrogens is 2. The number of para-hydroxylation sites is 2. The van der Waals surface area contributed by atoms with Crippen LogP contribution in [0.5, 0.6) is 0 Å². The third-order valence-electron chi connectivity index (χ3n) is 5.43. The number of H-pyrrole nitrogens is 1. The number of fused-ring (bicyclic) bond motifs is 1. The number of nitrogens with zero attached hydrogens (tertiary/aromatic N) is 2. The molecule has 1 saturated heterocycles. The average molecular weight is 378 g/mol. The van der Waals surface area contributed by atoms with Crippen LogP contribution in [0, 0.1) is 0 Å². The Kier molecular flexibility index (Phi) is 5.30. The van der Waals surface area contributed by atoms with E-state index < -0.39 is 0 Å². The van der Waals surface area contributed by atoms with E-state index >= 15 is 0 Å². The monoisotopic (exact) mass is 378 g/mol. The van der Waals surface area contributed by atoms with Crippen LogP contribution in [0.3, 0.4) is 0 Å². The highest BCUT2D eigenvalue weighted by molar-refractivity contribution is 5.88. The number of aromatic amines is 1. The summed E-state index contributed by atoms with van der Waals surface area (Å²) in [6, 6.07) is 15.8. The van der Waals surface area contributed by atoms with E-state index in [1.54, 1.807) is 0 Å². The lowest BCUT2D eigenvalue weighted by molar-refractivity contribution is -0.114. The van der Waals surface area contributed by atoms with E-state index in [0.717, 1.165) is 54.6 Å². The second-order valence-corrected chi connectivity index (χ2v) is 7.48. The first-order valence-corrected chi connectivity index (χ1v) is 9.91. The van der Waals surface area contributed by atoms with Gasteiger partial charge in [0.05, 0.1) is 17.2 Å². The molecule has 6 nitrogen and oxygen atoms in total. The third kappa shape index (κ3) is 3.87. The fraction of sp³-hybridized carbons (Fsp3) is 0.364. The van der Waals surface area contributed by atoms with Gasteiger partial charge >= 0.3 is 5.69 Å². The van der Waals surface area contributed by atoms with E-state index in [9.17, 15) is 9.59 Å². The number of carbonyl (C=O) groups is 1. The lowest BCUT2D eigenvalue weighted by Crippen LogP contribution is -2.41. The van der Waals surface area contributed by atoms with Gasteiger partial charge in [-0.05, 0) is 42.7 Å². The summed E-state index contributed by atoms with van der Waals surface area (Å²) in [7, 11) is 0. The Labute approximate surface area is 164 Å². The van der Waals surface area contributed by atoms with Gasteiger partial charge in [-0.2, -0.15) is 0 Å². The van der Waals surface area contributed by atoms with Crippen molar-refractivity contribution >= 4 is 22.6 Å². The molecular formula is C22H26N4O2. The molecule has 28 heavy (non-hydrogen) atoms. The van der Waals surface area contributed by atoms with Crippen molar-refractivity contribution in [1.29, 1.82) is 0 Å². The Morgan fingerprint density at radius 1 is 1.07 bits per heavy atom. The normalized spacial score (nSPS) is 16.2. The van der Waals surface area contributed by atoms with Gasteiger partial charge < -0.3 is 10.3 Å². The molecule has 1 aliphatic heterocycles. The van der Waals surface area contributed by atoms with E-state index in [1.807, 2.05) is 53.1 Å². The lowest BCUT2D eigenvalue weighted by atomic mass is 10.1. The minimum atomic E-state index is -0.0794. The van der Waals surface area contributed by atoms with Crippen molar-refractivity contribution in [3.63, 3.8) is 0 Å². The van der Waals surface area contributed by atoms with E-state index in [4.69, 9.17) is 0 Å². The quantitative estimate of drug-likeness (QED) is 0.714. The highest BCUT2D eigenvalue weighted by atomic mass is 16.2. The third-order valence-corrected chi connectivity index (χ3v) is 5.43. The van der Waals surface area contributed by atoms with Crippen molar-refractivity contribution in [3.05, 3.63) is 64.6 Å². The second-order valence-electron chi connectivity index (χ2n) is 7.48. The number of rotatable bonds is 5. The van der Waals surface area contributed by atoms with Crippen LogP contribution in [0.15, 0.2) is 53.3 Å². The second kappa shape index (κ2) is 8.02. The lowest BCUT2D eigenvalue weighted by Gasteiger charge is -2.35. The zero-order valence-electron chi connectivity index (χ0n) is 16.1. The Bertz CT molecular complexity index is 1010. The van der Waals surface area contributed by atoms with Crippen molar-refractivity contribution in [3.8, 4) is 0 Å². The van der Waals surface area contributed by atoms with Crippen LogP contribution in [-0.4, -0.2) is 33.4 Å². The Balaban J connectivity index is 1.69. The van der Waals surface area contributed by atoms with Gasteiger partial charge in [0.25, 0.3) is 0 Å². The zero-order chi connectivity index (χ0) is 19.5. The van der Waals surface area contributed by atoms with E-state index in [2.05, 4.69) is 15.2 Å². The fourth-order valence-corrected chi connectivity index (χ4v) is 4.11. The summed E-state index contributed by atoms with van der Waals surface area (Å²) in [5.41, 5.74) is 3.68. The summed E-state index contributed by atoms with van der Waals surface area (Å²) in [6.45, 7) is 3.50. The summed E-state index contributed by atoms with van der Waals surface area (Å²) in [4.78, 5) is 29.5. The largest absolute Gasteiger partial charge is 0.327 e. The van der Waals surface area contributed by atoms with Gasteiger partial charge in [-0.1, -0.05) is 30.7 Å². The van der Waals surface area contributed by atoms with Gasteiger partial charge in [0, 0.05) is 32.1 Å². The molecule has 2 N–H and O–H groups in total. The molecule has 1 aliphatic rings. The van der Waals surface area contributed by atoms with Crippen molar-refractivity contribution < 1.29 is 4.79 Å². The number of hydrogen-bond donors (Lipinski definition) is 2. The molecular weight excluding hydrogens is 352 g/mol. The number of likely N-dealkylation sites (tertiary alicyclic amines) is 1. The van der Waals surface area contributed by atoms with Crippen LogP contribution in [0.1, 0.15) is 37.9 Å². The molecule has 0 aliphatic carbocycles. The van der Waals surface area contributed by atoms with Gasteiger partial charge in [0.2, 0.25) is 5.91 Å². The Morgan fingerprint density at radius 3 is 2.50 bits per heavy atom. The summed E-state index contributed by atoms with van der Waals surface area (Å²) in [5, 5.41) is 2.80. The van der Waals surface area contributed by atoms with Crippen LogP contribution in [-0.2, 0) is 11.2 Å². The molecule has 1 unspecified atom stereocenters. The maximum Gasteiger partial charge on any atom is 0.327 e. The number of imidazole rings is 1. The van der Waals surface area contributed by atoms with Crippen LogP contribution >= 0.6 is 0 Å². The smallest absolute Gasteiger partial charge is 0.326 e. The molecule has 1 atom stereocenters. The molecule has 1 amide bonds. The minimum absolute atomic E-state index is 0.0319. The first kappa shape index (κ1) is 18.5. The standard InChI is InChI=1S/C22H26N4O2/c1-16(27)23-18-11-9-17(10-12-18)15-21(25-13-5-2-6-14-25)26-20-8-4-3-7-19(20)24-22(26)28/h3-4,7-12,21H,2,5-6,13-15H2,1H3,(H,23,27)(H,24,28). The van der Waals surface area contributed by atoms with Crippen molar-refractivity contribution in [2.45, 2.75) is 38.8 Å². The van der Waals surface area contributed by atoms with E-state index in [1.165, 1.54) is 13.3 Å². The van der Waals surface area contributed by atoms with Gasteiger partial charge in [-0.3, -0.25) is 14.3 Å². The molecule has 0 saturated carbocycles. The number of benzene rings is 2. The first-order valence-electron chi connectivity index (χ1n) is 9.91. The number of hydrogen-bond acceptors (Lipinski definition) is 3. The molecule has 0 spiro atoms. The molecule has 0 bridgehead atoms. The van der Waals surface area contributed by atoms with Crippen molar-refractivity contribution in [1.82, 2.24) is 14.5 Å². The molecule has 146 valence electrons.